The van der Waals surface area contributed by atoms with Crippen molar-refractivity contribution in [3.05, 3.63) is 77.5 Å². The van der Waals surface area contributed by atoms with Crippen LogP contribution in [-0.4, -0.2) is 46.1 Å². The number of sulfonamides is 1. The number of fused-ring (bicyclic) bond motifs is 1. The Morgan fingerprint density at radius 2 is 1.44 bits per heavy atom. The molecule has 9 nitrogen and oxygen atoms in total. The van der Waals surface area contributed by atoms with Crippen molar-refractivity contribution in [3.8, 4) is 17.2 Å². The summed E-state index contributed by atoms with van der Waals surface area (Å²) in [6.07, 6.45) is -3.84. The highest BCUT2D eigenvalue weighted by Gasteiger charge is 2.33. The van der Waals surface area contributed by atoms with Crippen molar-refractivity contribution < 1.29 is 40.6 Å². The molecule has 4 rings (SSSR count). The van der Waals surface area contributed by atoms with Crippen LogP contribution in [0.25, 0.3) is 10.9 Å². The first-order valence-electron chi connectivity index (χ1n) is 12.1. The lowest BCUT2D eigenvalue weighted by Gasteiger charge is -2.28. The van der Waals surface area contributed by atoms with Gasteiger partial charge in [0.15, 0.2) is 0 Å². The van der Waals surface area contributed by atoms with E-state index in [0.29, 0.717) is 39.2 Å². The second kappa shape index (κ2) is 10.9. The number of benzene rings is 3. The molecule has 13 heteroatoms. The van der Waals surface area contributed by atoms with Crippen LogP contribution in [0.1, 0.15) is 35.5 Å². The Kier molecular flexibility index (Phi) is 7.85. The Bertz CT molecular complexity index is 1720. The van der Waals surface area contributed by atoms with E-state index in [0.717, 1.165) is 12.3 Å². The van der Waals surface area contributed by atoms with Gasteiger partial charge >= 0.3 is 6.36 Å². The number of alkyl halides is 3. The maximum atomic E-state index is 13.2. The summed E-state index contributed by atoms with van der Waals surface area (Å²) in [7, 11) is -0.673. The fourth-order valence-electron chi connectivity index (χ4n) is 4.28. The molecule has 1 heterocycles. The second-order valence-corrected chi connectivity index (χ2v) is 11.6. The highest BCUT2D eigenvalue weighted by Crippen LogP contribution is 2.39. The van der Waals surface area contributed by atoms with Crippen molar-refractivity contribution in [1.82, 2.24) is 4.98 Å². The van der Waals surface area contributed by atoms with Crippen LogP contribution in [0, 0.1) is 0 Å². The number of aromatic amines is 1. The molecule has 3 N–H and O–H groups in total. The molecule has 0 aliphatic carbocycles. The van der Waals surface area contributed by atoms with Crippen LogP contribution in [0.3, 0.4) is 0 Å². The highest BCUT2D eigenvalue weighted by atomic mass is 32.2. The Morgan fingerprint density at radius 3 is 2.05 bits per heavy atom. The first kappa shape index (κ1) is 29.6. The zero-order chi connectivity index (χ0) is 30.2. The Balaban J connectivity index is 1.66. The van der Waals surface area contributed by atoms with Gasteiger partial charge in [-0.15, -0.1) is 13.2 Å². The van der Waals surface area contributed by atoms with E-state index < -0.39 is 33.5 Å². The van der Waals surface area contributed by atoms with Gasteiger partial charge in [0.1, 0.15) is 22.9 Å². The van der Waals surface area contributed by atoms with Crippen molar-refractivity contribution in [2.24, 2.45) is 0 Å². The van der Waals surface area contributed by atoms with Gasteiger partial charge in [-0.2, -0.15) is 0 Å². The molecule has 0 bridgehead atoms. The SMILES string of the molecule is COc1cc(NC(=O)c2cc3ccc(NS(C)(=O)=O)cc3[nH]2)cc(C(C)(C)c2cc(OC)cc(OC(F)(F)F)c2)c1. The predicted octanol–water partition coefficient (Wildman–Crippen LogP) is 6.03. The third kappa shape index (κ3) is 7.23. The molecule has 0 aliphatic rings. The number of ether oxygens (including phenoxy) is 3. The van der Waals surface area contributed by atoms with E-state index in [9.17, 15) is 26.4 Å². The van der Waals surface area contributed by atoms with Crippen LogP contribution >= 0.6 is 0 Å². The number of halogens is 3. The molecule has 0 radical (unpaired) electrons. The third-order valence-electron chi connectivity index (χ3n) is 6.36. The van der Waals surface area contributed by atoms with E-state index in [2.05, 4.69) is 19.8 Å². The van der Waals surface area contributed by atoms with Gasteiger partial charge in [-0.25, -0.2) is 8.42 Å². The van der Waals surface area contributed by atoms with E-state index in [4.69, 9.17) is 9.47 Å². The van der Waals surface area contributed by atoms with E-state index in [-0.39, 0.29) is 11.4 Å². The van der Waals surface area contributed by atoms with E-state index in [1.807, 2.05) is 0 Å². The molecule has 0 saturated heterocycles. The fourth-order valence-corrected chi connectivity index (χ4v) is 4.84. The second-order valence-electron chi connectivity index (χ2n) is 9.83. The molecular formula is C28H28F3N3O6S. The molecule has 1 aromatic heterocycles. The summed E-state index contributed by atoms with van der Waals surface area (Å²) in [6, 6.07) is 15.5. The van der Waals surface area contributed by atoms with Crippen molar-refractivity contribution in [2.75, 3.05) is 30.5 Å². The number of H-pyrrole nitrogens is 1. The van der Waals surface area contributed by atoms with Crippen molar-refractivity contribution >= 4 is 38.2 Å². The maximum Gasteiger partial charge on any atom is 0.573 e. The van der Waals surface area contributed by atoms with Gasteiger partial charge in [-0.05, 0) is 53.6 Å². The topological polar surface area (TPSA) is 119 Å². The summed E-state index contributed by atoms with van der Waals surface area (Å²) in [5.41, 5.74) is 1.71. The summed E-state index contributed by atoms with van der Waals surface area (Å²) < 4.78 is 79.1. The minimum absolute atomic E-state index is 0.181. The zero-order valence-corrected chi connectivity index (χ0v) is 23.6. The van der Waals surface area contributed by atoms with Gasteiger partial charge in [0, 0.05) is 34.1 Å². The molecule has 1 amide bonds. The molecule has 0 spiro atoms. The molecule has 4 aromatic rings. The number of amides is 1. The summed E-state index contributed by atoms with van der Waals surface area (Å²) >= 11 is 0. The summed E-state index contributed by atoms with van der Waals surface area (Å²) in [5, 5.41) is 3.51. The van der Waals surface area contributed by atoms with Crippen LogP contribution in [-0.2, 0) is 15.4 Å². The largest absolute Gasteiger partial charge is 0.573 e. The standard InChI is InChI=1S/C28H28F3N3O6S/c1-27(2,18-11-22(39-4)15-23(12-18)40-28(29,30)31)17-9-20(13-21(10-17)38-3)32-26(35)25-8-16-6-7-19(14-24(16)33-25)34-41(5,36)37/h6-15,33-34H,1-5H3,(H,32,35). The van der Waals surface area contributed by atoms with Crippen LogP contribution in [0.5, 0.6) is 17.2 Å². The van der Waals surface area contributed by atoms with E-state index >= 15 is 0 Å². The van der Waals surface area contributed by atoms with Gasteiger partial charge < -0.3 is 24.5 Å². The number of rotatable bonds is 9. The maximum absolute atomic E-state index is 13.2. The third-order valence-corrected chi connectivity index (χ3v) is 6.97. The summed E-state index contributed by atoms with van der Waals surface area (Å²) in [6.45, 7) is 3.61. The number of hydrogen-bond donors (Lipinski definition) is 3. The van der Waals surface area contributed by atoms with E-state index in [1.54, 1.807) is 62.4 Å². The Morgan fingerprint density at radius 1 is 0.829 bits per heavy atom. The Labute approximate surface area is 234 Å². The zero-order valence-electron chi connectivity index (χ0n) is 22.8. The van der Waals surface area contributed by atoms with Crippen LogP contribution < -0.4 is 24.2 Å². The average molecular weight is 592 g/mol. The van der Waals surface area contributed by atoms with Crippen LogP contribution in [0.15, 0.2) is 60.7 Å². The van der Waals surface area contributed by atoms with Crippen LogP contribution in [0.2, 0.25) is 0 Å². The number of carbonyl (C=O) groups is 1. The van der Waals surface area contributed by atoms with Crippen molar-refractivity contribution in [2.45, 2.75) is 25.6 Å². The van der Waals surface area contributed by atoms with Crippen molar-refractivity contribution in [1.29, 1.82) is 0 Å². The normalized spacial score (nSPS) is 12.2. The molecule has 218 valence electrons. The monoisotopic (exact) mass is 591 g/mol. The molecule has 0 fully saturated rings. The Hall–Kier alpha value is -4.39. The molecule has 0 aliphatic heterocycles. The van der Waals surface area contributed by atoms with Crippen molar-refractivity contribution in [3.63, 3.8) is 0 Å². The summed E-state index contributed by atoms with van der Waals surface area (Å²) in [5.74, 6) is -0.309. The lowest BCUT2D eigenvalue weighted by Crippen LogP contribution is -2.21. The lowest BCUT2D eigenvalue weighted by molar-refractivity contribution is -0.274. The lowest BCUT2D eigenvalue weighted by atomic mass is 9.77. The smallest absolute Gasteiger partial charge is 0.497 e. The van der Waals surface area contributed by atoms with Gasteiger partial charge in [0.25, 0.3) is 5.91 Å². The quantitative estimate of drug-likeness (QED) is 0.219. The number of hydrogen-bond acceptors (Lipinski definition) is 6. The molecule has 0 saturated carbocycles. The minimum Gasteiger partial charge on any atom is -0.497 e. The molecule has 3 aromatic carbocycles. The number of carbonyl (C=O) groups excluding carboxylic acids is 1. The van der Waals surface area contributed by atoms with Gasteiger partial charge in [0.2, 0.25) is 10.0 Å². The molecular weight excluding hydrogens is 563 g/mol. The first-order chi connectivity index (χ1) is 19.1. The molecule has 41 heavy (non-hydrogen) atoms. The molecule has 0 atom stereocenters. The number of aromatic nitrogens is 1. The van der Waals surface area contributed by atoms with Gasteiger partial charge in [-0.3, -0.25) is 9.52 Å². The predicted molar refractivity (Wildman–Crippen MR) is 150 cm³/mol. The first-order valence-corrected chi connectivity index (χ1v) is 14.0. The number of nitrogens with one attached hydrogen (secondary N) is 3. The van der Waals surface area contributed by atoms with Gasteiger partial charge in [-0.1, -0.05) is 19.9 Å². The van der Waals surface area contributed by atoms with E-state index in [1.165, 1.54) is 20.3 Å². The molecule has 0 unspecified atom stereocenters. The average Bonchev–Trinajstić information content (AvgIpc) is 3.30. The van der Waals surface area contributed by atoms with Crippen LogP contribution in [0.4, 0.5) is 24.5 Å². The number of anilines is 2. The highest BCUT2D eigenvalue weighted by molar-refractivity contribution is 7.92. The number of methoxy groups -OCH3 is 2. The fraction of sp³-hybridized carbons (Fsp3) is 0.250. The summed E-state index contributed by atoms with van der Waals surface area (Å²) in [4.78, 5) is 16.1. The van der Waals surface area contributed by atoms with Gasteiger partial charge in [0.05, 0.1) is 26.2 Å². The minimum atomic E-state index is -4.88.